The van der Waals surface area contributed by atoms with Crippen LogP contribution in [0.5, 0.6) is 0 Å². The van der Waals surface area contributed by atoms with E-state index >= 15 is 0 Å². The molecule has 0 bridgehead atoms. The fraction of sp³-hybridized carbons (Fsp3) is 0.911. The van der Waals surface area contributed by atoms with Gasteiger partial charge in [0.15, 0.2) is 0 Å². The van der Waals surface area contributed by atoms with E-state index in [0.717, 1.165) is 0 Å². The summed E-state index contributed by atoms with van der Waals surface area (Å²) < 4.78 is 20.3. The van der Waals surface area contributed by atoms with Crippen molar-refractivity contribution in [3.63, 3.8) is 0 Å². The SMILES string of the molecule is OC1=CCC(C2OC3CC(O)CC(O)C3C(C3C(O)CC(O)C4C3OC(C3CC=C(O)C(O)C3)C(O)C4C3C(O)CC(O)C4CC(O)C(C5CCC(O)C(O)C5)OC43)C2O)CC1O. The molecule has 4 saturated carbocycles. The molecule has 0 spiro atoms. The molecule has 3 heterocycles. The zero-order valence-electron chi connectivity index (χ0n) is 35.3. The first-order valence-electron chi connectivity index (χ1n) is 23.5. The molecular weight excluding hydrogens is 828 g/mol. The quantitative estimate of drug-likeness (QED) is 0.139. The van der Waals surface area contributed by atoms with Gasteiger partial charge in [0.25, 0.3) is 0 Å². The summed E-state index contributed by atoms with van der Waals surface area (Å²) in [5, 5.41) is 171. The lowest BCUT2D eigenvalue weighted by Crippen LogP contribution is -2.71. The van der Waals surface area contributed by atoms with Crippen molar-refractivity contribution < 1.29 is 90.8 Å². The molecule has 18 heteroatoms. The van der Waals surface area contributed by atoms with Crippen LogP contribution in [0.25, 0.3) is 0 Å². The molecule has 358 valence electrons. The number of aliphatic hydroxyl groups excluding tert-OH is 15. The van der Waals surface area contributed by atoms with Gasteiger partial charge in [0, 0.05) is 41.4 Å². The first kappa shape index (κ1) is 46.5. The lowest BCUT2D eigenvalue weighted by Gasteiger charge is -2.62. The highest BCUT2D eigenvalue weighted by atomic mass is 16.5. The van der Waals surface area contributed by atoms with E-state index in [1.807, 2.05) is 0 Å². The van der Waals surface area contributed by atoms with Crippen LogP contribution in [0.4, 0.5) is 0 Å². The van der Waals surface area contributed by atoms with Gasteiger partial charge in [0.05, 0.1) is 104 Å². The monoisotopic (exact) mass is 898 g/mol. The molecule has 0 amide bonds. The highest BCUT2D eigenvalue weighted by molar-refractivity contribution is 5.16. The fourth-order valence-corrected chi connectivity index (χ4v) is 14.6. The summed E-state index contributed by atoms with van der Waals surface area (Å²) in [7, 11) is 0. The molecule has 15 N–H and O–H groups in total. The Labute approximate surface area is 366 Å². The first-order chi connectivity index (χ1) is 29.9. The second-order valence-electron chi connectivity index (χ2n) is 21.1. The van der Waals surface area contributed by atoms with Crippen LogP contribution in [0.2, 0.25) is 0 Å². The van der Waals surface area contributed by atoms with Crippen molar-refractivity contribution in [1.29, 1.82) is 0 Å². The van der Waals surface area contributed by atoms with Gasteiger partial charge in [-0.25, -0.2) is 0 Å². The second-order valence-corrected chi connectivity index (χ2v) is 21.1. The van der Waals surface area contributed by atoms with Gasteiger partial charge < -0.3 is 90.8 Å². The molecule has 0 aromatic rings. The predicted octanol–water partition coefficient (Wildman–Crippen LogP) is -2.21. The van der Waals surface area contributed by atoms with E-state index in [1.54, 1.807) is 0 Å². The summed E-state index contributed by atoms with van der Waals surface area (Å²) in [6.45, 7) is 0. The highest BCUT2D eigenvalue weighted by Gasteiger charge is 2.66. The third kappa shape index (κ3) is 8.33. The molecule has 9 rings (SSSR count). The van der Waals surface area contributed by atoms with E-state index in [4.69, 9.17) is 14.2 Å². The minimum Gasteiger partial charge on any atom is -0.510 e. The average Bonchev–Trinajstić information content (AvgIpc) is 3.22. The summed E-state index contributed by atoms with van der Waals surface area (Å²) >= 11 is 0. The molecule has 0 aromatic carbocycles. The van der Waals surface area contributed by atoms with Crippen molar-refractivity contribution in [1.82, 2.24) is 0 Å². The minimum atomic E-state index is -1.46. The van der Waals surface area contributed by atoms with Gasteiger partial charge in [-0.2, -0.15) is 0 Å². The number of allylic oxidation sites excluding steroid dienone is 2. The van der Waals surface area contributed by atoms with Crippen molar-refractivity contribution in [3.8, 4) is 0 Å². The standard InChI is InChI=1S/C45H70O18/c46-18-10-27(54)33-32(11-18)61-42(16-2-5-21(48)25(52)8-16)39(59)37(33)35-29(56)14-30(57)36-38(40(60)43(63-45(35)36)17-3-6-22(49)26(53)9-17)34-28(55)13-23(50)19-12-31(58)41(62-44(19)34)15-1-4-20(47)24(51)7-15/h5-6,15-20,23-60H,1-4,7-14H2. The van der Waals surface area contributed by atoms with E-state index in [0.29, 0.717) is 6.42 Å². The van der Waals surface area contributed by atoms with Crippen LogP contribution < -0.4 is 0 Å². The molecule has 7 fully saturated rings. The third-order valence-corrected chi connectivity index (χ3v) is 17.5. The van der Waals surface area contributed by atoms with E-state index < -0.39 is 169 Å². The van der Waals surface area contributed by atoms with Crippen LogP contribution in [-0.4, -0.2) is 193 Å². The predicted molar refractivity (Wildman–Crippen MR) is 216 cm³/mol. The number of hydrogen-bond acceptors (Lipinski definition) is 18. The van der Waals surface area contributed by atoms with Gasteiger partial charge in [0.1, 0.15) is 23.7 Å². The smallest absolute Gasteiger partial charge is 0.117 e. The lowest BCUT2D eigenvalue weighted by molar-refractivity contribution is -0.316. The second kappa shape index (κ2) is 18.2. The van der Waals surface area contributed by atoms with E-state index in [1.165, 1.54) is 12.2 Å². The Bertz CT molecular complexity index is 1670. The Hall–Kier alpha value is -1.56. The number of rotatable bonds is 5. The van der Waals surface area contributed by atoms with Gasteiger partial charge in [-0.1, -0.05) is 0 Å². The zero-order valence-corrected chi connectivity index (χ0v) is 35.3. The average molecular weight is 899 g/mol. The van der Waals surface area contributed by atoms with E-state index in [9.17, 15) is 76.6 Å². The molecule has 9 aliphatic rings. The summed E-state index contributed by atoms with van der Waals surface area (Å²) in [5.74, 6) is -8.79. The van der Waals surface area contributed by atoms with Crippen LogP contribution >= 0.6 is 0 Å². The molecular formula is C45H70O18. The highest BCUT2D eigenvalue weighted by Crippen LogP contribution is 2.58. The summed E-state index contributed by atoms with van der Waals surface area (Å²) in [5.41, 5.74) is 0. The summed E-state index contributed by atoms with van der Waals surface area (Å²) in [6.07, 6.45) is -17.9. The Balaban J connectivity index is 1.13. The molecule has 3 saturated heterocycles. The Morgan fingerprint density at radius 1 is 0.365 bits per heavy atom. The summed E-state index contributed by atoms with van der Waals surface area (Å²) in [4.78, 5) is 0. The van der Waals surface area contributed by atoms with Crippen LogP contribution in [0, 0.1) is 59.2 Å². The normalized spacial score (nSPS) is 57.8. The maximum Gasteiger partial charge on any atom is 0.117 e. The largest absolute Gasteiger partial charge is 0.510 e. The molecule has 29 atom stereocenters. The van der Waals surface area contributed by atoms with Crippen molar-refractivity contribution in [2.45, 2.75) is 193 Å². The van der Waals surface area contributed by atoms with Gasteiger partial charge in [0.2, 0.25) is 0 Å². The van der Waals surface area contributed by atoms with Crippen LogP contribution in [0.1, 0.15) is 77.0 Å². The van der Waals surface area contributed by atoms with Crippen molar-refractivity contribution in [2.75, 3.05) is 0 Å². The molecule has 63 heavy (non-hydrogen) atoms. The Kier molecular flexibility index (Phi) is 13.4. The molecule has 29 unspecified atom stereocenters. The first-order valence-corrected chi connectivity index (χ1v) is 23.5. The molecule has 0 radical (unpaired) electrons. The summed E-state index contributed by atoms with van der Waals surface area (Å²) in [6, 6.07) is 0. The van der Waals surface area contributed by atoms with Gasteiger partial charge >= 0.3 is 0 Å². The van der Waals surface area contributed by atoms with Crippen molar-refractivity contribution >= 4 is 0 Å². The number of ether oxygens (including phenoxy) is 3. The van der Waals surface area contributed by atoms with Crippen LogP contribution in [0.15, 0.2) is 23.7 Å². The Morgan fingerprint density at radius 3 is 1.44 bits per heavy atom. The van der Waals surface area contributed by atoms with Crippen LogP contribution in [0.3, 0.4) is 0 Å². The van der Waals surface area contributed by atoms with Crippen molar-refractivity contribution in [3.05, 3.63) is 23.7 Å². The zero-order chi connectivity index (χ0) is 44.9. The van der Waals surface area contributed by atoms with Gasteiger partial charge in [-0.15, -0.1) is 0 Å². The van der Waals surface area contributed by atoms with E-state index in [-0.39, 0.29) is 88.1 Å². The molecule has 6 aliphatic carbocycles. The molecule has 18 nitrogen and oxygen atoms in total. The topological polar surface area (TPSA) is 331 Å². The minimum absolute atomic E-state index is 0.0316. The number of aliphatic hydroxyl groups is 15. The fourth-order valence-electron chi connectivity index (χ4n) is 14.6. The third-order valence-electron chi connectivity index (χ3n) is 17.5. The number of hydrogen-bond donors (Lipinski definition) is 15. The molecule has 3 aliphatic heterocycles. The maximum absolute atomic E-state index is 12.8. The number of fused-ring (bicyclic) bond motifs is 3. The maximum atomic E-state index is 12.8. The Morgan fingerprint density at radius 2 is 0.873 bits per heavy atom. The van der Waals surface area contributed by atoms with Gasteiger partial charge in [-0.05, 0) is 107 Å². The van der Waals surface area contributed by atoms with Crippen molar-refractivity contribution in [2.24, 2.45) is 59.2 Å². The molecule has 0 aromatic heterocycles. The van der Waals surface area contributed by atoms with Crippen LogP contribution in [-0.2, 0) is 14.2 Å². The van der Waals surface area contributed by atoms with E-state index in [2.05, 4.69) is 0 Å². The van der Waals surface area contributed by atoms with Gasteiger partial charge in [-0.3, -0.25) is 0 Å². The lowest BCUT2D eigenvalue weighted by atomic mass is 9.52.